The molecule has 0 radical (unpaired) electrons. The van der Waals surface area contributed by atoms with Crippen LogP contribution in [0.4, 0.5) is 0 Å². The molecule has 1 saturated heterocycles. The number of aromatic amines is 1. The summed E-state index contributed by atoms with van der Waals surface area (Å²) in [7, 11) is 0. The van der Waals surface area contributed by atoms with Gasteiger partial charge >= 0.3 is 0 Å². The van der Waals surface area contributed by atoms with Crippen molar-refractivity contribution in [2.75, 3.05) is 13.1 Å². The molecule has 0 aliphatic carbocycles. The Labute approximate surface area is 131 Å². The van der Waals surface area contributed by atoms with Crippen molar-refractivity contribution in [1.82, 2.24) is 30.1 Å². The fraction of sp³-hybridized carbons (Fsp3) is 0.333. The number of benzene rings is 1. The highest BCUT2D eigenvalue weighted by molar-refractivity contribution is 6.04. The summed E-state index contributed by atoms with van der Waals surface area (Å²) in [5.74, 6) is -0.169. The molecule has 2 N–H and O–H groups in total. The smallest absolute Gasteiger partial charge is 0.275 e. The van der Waals surface area contributed by atoms with Crippen LogP contribution in [0.3, 0.4) is 0 Å². The van der Waals surface area contributed by atoms with Crippen LogP contribution in [-0.4, -0.2) is 59.8 Å². The van der Waals surface area contributed by atoms with Gasteiger partial charge in [0.15, 0.2) is 5.69 Å². The molecular weight excluding hydrogens is 296 g/mol. The first-order chi connectivity index (χ1) is 11.1. The number of β-amino-alcohol motifs (C(OH)–C–C–N with tert-alkyl or cyclic N) is 1. The molecule has 0 spiro atoms. The minimum atomic E-state index is -0.991. The summed E-state index contributed by atoms with van der Waals surface area (Å²) in [6.07, 6.45) is 3.77. The lowest BCUT2D eigenvalue weighted by molar-refractivity contribution is 0.0266. The van der Waals surface area contributed by atoms with E-state index in [9.17, 15) is 9.90 Å². The minimum absolute atomic E-state index is 0.169. The predicted octanol–water partition coefficient (Wildman–Crippen LogP) is 0.432. The van der Waals surface area contributed by atoms with Crippen molar-refractivity contribution in [1.29, 1.82) is 0 Å². The van der Waals surface area contributed by atoms with Crippen molar-refractivity contribution < 1.29 is 9.90 Å². The second kappa shape index (κ2) is 5.17. The Kier molecular flexibility index (Phi) is 3.12. The van der Waals surface area contributed by atoms with Crippen LogP contribution in [-0.2, 0) is 6.54 Å². The largest absolute Gasteiger partial charge is 0.386 e. The van der Waals surface area contributed by atoms with Crippen LogP contribution in [0.5, 0.6) is 0 Å². The van der Waals surface area contributed by atoms with Crippen LogP contribution in [0.2, 0.25) is 0 Å². The first kappa shape index (κ1) is 13.9. The Morgan fingerprint density at radius 2 is 2.26 bits per heavy atom. The van der Waals surface area contributed by atoms with E-state index >= 15 is 0 Å². The SMILES string of the molecule is O=C(c1n[nH]c2ccccc12)N1CCC(O)(Cn2ccnn2)C1. The van der Waals surface area contributed by atoms with Crippen molar-refractivity contribution in [3.63, 3.8) is 0 Å². The molecule has 8 heteroatoms. The molecule has 3 heterocycles. The van der Waals surface area contributed by atoms with Gasteiger partial charge in [-0.3, -0.25) is 9.89 Å². The summed E-state index contributed by atoms with van der Waals surface area (Å²) < 4.78 is 1.58. The van der Waals surface area contributed by atoms with E-state index in [-0.39, 0.29) is 12.5 Å². The zero-order valence-corrected chi connectivity index (χ0v) is 12.4. The van der Waals surface area contributed by atoms with Crippen molar-refractivity contribution in [3.05, 3.63) is 42.4 Å². The summed E-state index contributed by atoms with van der Waals surface area (Å²) in [6.45, 7) is 1.07. The van der Waals surface area contributed by atoms with Gasteiger partial charge in [0.1, 0.15) is 5.60 Å². The van der Waals surface area contributed by atoms with Crippen LogP contribution in [0.15, 0.2) is 36.7 Å². The Hall–Kier alpha value is -2.74. The first-order valence-electron chi connectivity index (χ1n) is 7.43. The number of nitrogens with one attached hydrogen (secondary N) is 1. The second-order valence-electron chi connectivity index (χ2n) is 5.92. The lowest BCUT2D eigenvalue weighted by Gasteiger charge is -2.22. The zero-order valence-electron chi connectivity index (χ0n) is 12.4. The van der Waals surface area contributed by atoms with E-state index in [1.54, 1.807) is 22.0 Å². The number of likely N-dealkylation sites (tertiary alicyclic amines) is 1. The third-order valence-corrected chi connectivity index (χ3v) is 4.22. The van der Waals surface area contributed by atoms with E-state index in [0.29, 0.717) is 25.2 Å². The molecule has 118 valence electrons. The number of aliphatic hydroxyl groups is 1. The number of fused-ring (bicyclic) bond motifs is 1. The number of carbonyl (C=O) groups is 1. The van der Waals surface area contributed by atoms with Crippen LogP contribution < -0.4 is 0 Å². The average molecular weight is 312 g/mol. The van der Waals surface area contributed by atoms with Crippen molar-refractivity contribution in [2.24, 2.45) is 0 Å². The van der Waals surface area contributed by atoms with Crippen molar-refractivity contribution in [2.45, 2.75) is 18.6 Å². The summed E-state index contributed by atoms with van der Waals surface area (Å²) in [4.78, 5) is 14.3. The standard InChI is InChI=1S/C15H16N6O2/c22-14(13-11-3-1-2-4-12(11)17-18-13)20-7-5-15(23,9-20)10-21-8-6-16-19-21/h1-4,6,8,23H,5,7,9-10H2,(H,17,18). The quantitative estimate of drug-likeness (QED) is 0.730. The van der Waals surface area contributed by atoms with Gasteiger partial charge in [0.2, 0.25) is 0 Å². The van der Waals surface area contributed by atoms with Gasteiger partial charge in [0, 0.05) is 18.1 Å². The van der Waals surface area contributed by atoms with E-state index in [2.05, 4.69) is 20.5 Å². The van der Waals surface area contributed by atoms with Gasteiger partial charge in [-0.1, -0.05) is 23.4 Å². The summed E-state index contributed by atoms with van der Waals surface area (Å²) in [5, 5.41) is 26.1. The van der Waals surface area contributed by atoms with Crippen molar-refractivity contribution in [3.8, 4) is 0 Å². The fourth-order valence-electron chi connectivity index (χ4n) is 3.05. The maximum absolute atomic E-state index is 12.7. The molecule has 0 saturated carbocycles. The third-order valence-electron chi connectivity index (χ3n) is 4.22. The predicted molar refractivity (Wildman–Crippen MR) is 81.6 cm³/mol. The number of aromatic nitrogens is 5. The molecule has 3 aromatic rings. The van der Waals surface area contributed by atoms with Crippen molar-refractivity contribution >= 4 is 16.8 Å². The molecule has 1 aliphatic rings. The van der Waals surface area contributed by atoms with Gasteiger partial charge in [0.25, 0.3) is 5.91 Å². The first-order valence-corrected chi connectivity index (χ1v) is 7.43. The maximum atomic E-state index is 12.7. The Bertz CT molecular complexity index is 843. The Morgan fingerprint density at radius 3 is 3.09 bits per heavy atom. The number of hydrogen-bond donors (Lipinski definition) is 2. The normalized spacial score (nSPS) is 21.2. The molecule has 4 rings (SSSR count). The lowest BCUT2D eigenvalue weighted by Crippen LogP contribution is -2.39. The monoisotopic (exact) mass is 312 g/mol. The zero-order chi connectivity index (χ0) is 15.9. The number of para-hydroxylation sites is 1. The molecule has 1 unspecified atom stereocenters. The van der Waals surface area contributed by atoms with E-state index in [1.807, 2.05) is 24.3 Å². The number of hydrogen-bond acceptors (Lipinski definition) is 5. The third kappa shape index (κ3) is 2.46. The highest BCUT2D eigenvalue weighted by atomic mass is 16.3. The summed E-state index contributed by atoms with van der Waals surface area (Å²) in [5.41, 5.74) is 0.230. The van der Waals surface area contributed by atoms with Crippen LogP contribution >= 0.6 is 0 Å². The minimum Gasteiger partial charge on any atom is -0.386 e. The molecule has 1 aliphatic heterocycles. The summed E-state index contributed by atoms with van der Waals surface area (Å²) >= 11 is 0. The molecule has 1 aromatic carbocycles. The lowest BCUT2D eigenvalue weighted by atomic mass is 10.0. The highest BCUT2D eigenvalue weighted by Crippen LogP contribution is 2.26. The van der Waals surface area contributed by atoms with Gasteiger partial charge in [-0.2, -0.15) is 5.10 Å². The second-order valence-corrected chi connectivity index (χ2v) is 5.92. The average Bonchev–Trinajstić information content (AvgIpc) is 3.26. The van der Waals surface area contributed by atoms with E-state index in [0.717, 1.165) is 10.9 Å². The number of carbonyl (C=O) groups excluding carboxylic acids is 1. The Balaban J connectivity index is 1.54. The highest BCUT2D eigenvalue weighted by Gasteiger charge is 2.39. The summed E-state index contributed by atoms with van der Waals surface area (Å²) in [6, 6.07) is 7.51. The van der Waals surface area contributed by atoms with E-state index in [4.69, 9.17) is 0 Å². The number of rotatable bonds is 3. The molecule has 0 bridgehead atoms. The van der Waals surface area contributed by atoms with Gasteiger partial charge < -0.3 is 10.0 Å². The van der Waals surface area contributed by atoms with Gasteiger partial charge in [-0.05, 0) is 12.5 Å². The molecule has 8 nitrogen and oxygen atoms in total. The molecule has 23 heavy (non-hydrogen) atoms. The topological polar surface area (TPSA) is 99.9 Å². The van der Waals surface area contributed by atoms with Crippen LogP contribution in [0.25, 0.3) is 10.9 Å². The number of H-pyrrole nitrogens is 1. The van der Waals surface area contributed by atoms with Crippen LogP contribution in [0, 0.1) is 0 Å². The Morgan fingerprint density at radius 1 is 1.39 bits per heavy atom. The van der Waals surface area contributed by atoms with E-state index < -0.39 is 5.60 Å². The molecule has 1 atom stereocenters. The molecule has 2 aromatic heterocycles. The molecule has 1 fully saturated rings. The van der Waals surface area contributed by atoms with Gasteiger partial charge in [0.05, 0.1) is 24.8 Å². The van der Waals surface area contributed by atoms with Gasteiger partial charge in [-0.25, -0.2) is 4.68 Å². The number of nitrogens with zero attached hydrogens (tertiary/aromatic N) is 5. The van der Waals surface area contributed by atoms with E-state index in [1.165, 1.54) is 0 Å². The molecular formula is C15H16N6O2. The fourth-order valence-corrected chi connectivity index (χ4v) is 3.05. The molecule has 1 amide bonds. The van der Waals surface area contributed by atoms with Gasteiger partial charge in [-0.15, -0.1) is 5.10 Å². The van der Waals surface area contributed by atoms with Crippen LogP contribution in [0.1, 0.15) is 16.9 Å². The maximum Gasteiger partial charge on any atom is 0.275 e. The number of amides is 1.